The smallest absolute Gasteiger partial charge is 0.161 e. The van der Waals surface area contributed by atoms with Gasteiger partial charge in [-0.05, 0) is 70.0 Å². The normalized spacial score (nSPS) is 20.3. The molecule has 234 valence electrons. The van der Waals surface area contributed by atoms with Gasteiger partial charge in [-0.2, -0.15) is 4.91 Å². The van der Waals surface area contributed by atoms with E-state index in [1.807, 2.05) is 0 Å². The molecule has 0 bridgehead atoms. The van der Waals surface area contributed by atoms with Crippen LogP contribution in [0.15, 0.2) is 65.4 Å². The van der Waals surface area contributed by atoms with E-state index >= 15 is 0 Å². The number of allylic oxidation sites excluding steroid dienone is 5. The van der Waals surface area contributed by atoms with E-state index in [1.54, 1.807) is 0 Å². The van der Waals surface area contributed by atoms with E-state index in [0.29, 0.717) is 0 Å². The third-order valence-electron chi connectivity index (χ3n) is 9.53. The summed E-state index contributed by atoms with van der Waals surface area (Å²) in [5.41, 5.74) is 6.22. The van der Waals surface area contributed by atoms with Gasteiger partial charge in [0.05, 0.1) is 11.7 Å². The van der Waals surface area contributed by atoms with Gasteiger partial charge in [0, 0.05) is 88.7 Å². The summed E-state index contributed by atoms with van der Waals surface area (Å²) < 4.78 is 0. The molecule has 9 nitrogen and oxygen atoms in total. The Labute approximate surface area is 262 Å². The maximum atomic E-state index is 10.8. The summed E-state index contributed by atoms with van der Waals surface area (Å²) in [6, 6.07) is 8.86. The van der Waals surface area contributed by atoms with Crippen molar-refractivity contribution in [2.45, 2.75) is 51.1 Å². The molecule has 0 radical (unpaired) electrons. The molecule has 2 saturated heterocycles. The van der Waals surface area contributed by atoms with E-state index < -0.39 is 0 Å². The van der Waals surface area contributed by atoms with Crippen LogP contribution in [0.2, 0.25) is 0 Å². The number of likely N-dealkylation sites (tertiary alicyclic amines) is 1. The van der Waals surface area contributed by atoms with Crippen LogP contribution in [0.25, 0.3) is 11.4 Å². The number of piperazine rings is 1. The zero-order valence-electron chi connectivity index (χ0n) is 26.3. The topological polar surface area (TPSA) is 80.2 Å². The van der Waals surface area contributed by atoms with E-state index in [9.17, 15) is 4.91 Å². The molecule has 4 heterocycles. The number of nitrogens with zero attached hydrogens (tertiary/aromatic N) is 7. The summed E-state index contributed by atoms with van der Waals surface area (Å²) in [4.78, 5) is 31.0. The number of hydrogen-bond donors (Lipinski definition) is 1. The Kier molecular flexibility index (Phi) is 10.5. The number of nitrogens with one attached hydrogen (secondary N) is 1. The minimum absolute atomic E-state index is 0.0142. The van der Waals surface area contributed by atoms with E-state index in [1.165, 1.54) is 22.5 Å². The van der Waals surface area contributed by atoms with Crippen LogP contribution in [-0.4, -0.2) is 103 Å². The summed E-state index contributed by atoms with van der Waals surface area (Å²) in [5.74, 6) is 1.81. The summed E-state index contributed by atoms with van der Waals surface area (Å²) in [6.45, 7) is 11.1. The van der Waals surface area contributed by atoms with Gasteiger partial charge >= 0.3 is 0 Å². The predicted octanol–water partition coefficient (Wildman–Crippen LogP) is 5.12. The second-order valence-corrected chi connectivity index (χ2v) is 12.8. The maximum Gasteiger partial charge on any atom is 0.161 e. The lowest BCUT2D eigenvalue weighted by Gasteiger charge is -2.34. The molecule has 2 fully saturated rings. The number of hydrogen-bond acceptors (Lipinski definition) is 9. The van der Waals surface area contributed by atoms with Gasteiger partial charge in [0.1, 0.15) is 5.82 Å². The van der Waals surface area contributed by atoms with Crippen molar-refractivity contribution in [1.29, 1.82) is 0 Å². The second-order valence-electron chi connectivity index (χ2n) is 12.8. The summed E-state index contributed by atoms with van der Waals surface area (Å²) in [5, 5.41) is 6.98. The lowest BCUT2D eigenvalue weighted by Crippen LogP contribution is -2.44. The highest BCUT2D eigenvalue weighted by Gasteiger charge is 2.24. The van der Waals surface area contributed by atoms with E-state index in [2.05, 4.69) is 91.8 Å². The minimum atomic E-state index is 0.0142. The highest BCUT2D eigenvalue weighted by atomic mass is 16.3. The first kappa shape index (κ1) is 30.6. The van der Waals surface area contributed by atoms with Gasteiger partial charge in [0.15, 0.2) is 5.82 Å². The highest BCUT2D eigenvalue weighted by Crippen LogP contribution is 2.29. The molecule has 1 aliphatic carbocycles. The van der Waals surface area contributed by atoms with Gasteiger partial charge in [0.2, 0.25) is 0 Å². The van der Waals surface area contributed by atoms with Crippen molar-refractivity contribution in [2.24, 2.45) is 5.18 Å². The average Bonchev–Trinajstić information content (AvgIpc) is 3.34. The highest BCUT2D eigenvalue weighted by molar-refractivity contribution is 5.63. The molecule has 6 rings (SSSR count). The number of rotatable bonds is 11. The first-order chi connectivity index (χ1) is 21.6. The molecule has 1 aromatic carbocycles. The first-order valence-corrected chi connectivity index (χ1v) is 16.6. The number of piperidine rings is 1. The van der Waals surface area contributed by atoms with Crippen molar-refractivity contribution in [2.75, 3.05) is 82.7 Å². The van der Waals surface area contributed by atoms with Crippen molar-refractivity contribution in [3.63, 3.8) is 0 Å². The number of benzene rings is 1. The molecule has 4 aliphatic rings. The largest absolute Gasteiger partial charge is 0.370 e. The monoisotopic (exact) mass is 596 g/mol. The van der Waals surface area contributed by atoms with Crippen LogP contribution in [-0.2, 0) is 13.0 Å². The molecular formula is C35H48N8O. The van der Waals surface area contributed by atoms with Crippen molar-refractivity contribution in [3.05, 3.63) is 76.4 Å². The van der Waals surface area contributed by atoms with Gasteiger partial charge in [-0.15, -0.1) is 0 Å². The van der Waals surface area contributed by atoms with Crippen LogP contribution in [0, 0.1) is 4.91 Å². The number of anilines is 2. The summed E-state index contributed by atoms with van der Waals surface area (Å²) >= 11 is 0. The van der Waals surface area contributed by atoms with Crippen molar-refractivity contribution in [1.82, 2.24) is 24.7 Å². The summed E-state index contributed by atoms with van der Waals surface area (Å²) in [6.07, 6.45) is 16.8. The number of aromatic nitrogens is 2. The van der Waals surface area contributed by atoms with Crippen molar-refractivity contribution >= 4 is 11.5 Å². The second kappa shape index (κ2) is 15.1. The number of unbranched alkanes of at least 4 members (excludes halogenated alkanes) is 1. The molecular weight excluding hydrogens is 548 g/mol. The van der Waals surface area contributed by atoms with Crippen LogP contribution in [0.5, 0.6) is 0 Å². The first-order valence-electron chi connectivity index (χ1n) is 16.6. The van der Waals surface area contributed by atoms with Crippen molar-refractivity contribution in [3.8, 4) is 11.4 Å². The molecule has 0 unspecified atom stereocenters. The Bertz CT molecular complexity index is 1340. The predicted molar refractivity (Wildman–Crippen MR) is 180 cm³/mol. The Hall–Kier alpha value is -3.40. The van der Waals surface area contributed by atoms with Gasteiger partial charge < -0.3 is 20.0 Å². The van der Waals surface area contributed by atoms with E-state index in [-0.39, 0.29) is 6.04 Å². The Morgan fingerprint density at radius 3 is 2.52 bits per heavy atom. The van der Waals surface area contributed by atoms with E-state index in [0.717, 1.165) is 128 Å². The molecule has 3 aliphatic heterocycles. The number of nitroso groups, excluding NO2 is 1. The van der Waals surface area contributed by atoms with Crippen LogP contribution in [0.1, 0.15) is 43.4 Å². The minimum Gasteiger partial charge on any atom is -0.370 e. The van der Waals surface area contributed by atoms with Gasteiger partial charge in [-0.1, -0.05) is 41.1 Å². The van der Waals surface area contributed by atoms with Crippen LogP contribution < -0.4 is 10.2 Å². The number of likely N-dealkylation sites (N-methyl/N-ethyl adjacent to an activating group) is 1. The molecule has 44 heavy (non-hydrogen) atoms. The number of fused-ring (bicyclic) bond motifs is 1. The quantitative estimate of drug-likeness (QED) is 0.283. The summed E-state index contributed by atoms with van der Waals surface area (Å²) in [7, 11) is 2.19. The van der Waals surface area contributed by atoms with Gasteiger partial charge in [-0.25, -0.2) is 9.97 Å². The fraction of sp³-hybridized carbons (Fsp3) is 0.543. The molecule has 0 saturated carbocycles. The molecule has 9 heteroatoms. The lowest BCUT2D eigenvalue weighted by molar-refractivity contribution is 0.210. The standard InChI is InChI=1S/C35H48N8O/c1-40-22-24-43(25-23-40)31-12-10-29(11-13-31)34-37-33-16-21-42(26-28-8-4-2-3-5-9-28)27-32(33)35(38-34)36-17-6-7-18-41-19-14-30(39-44)15-20-41/h2-5,8,10-13,30H,6-7,9,14-27H2,1H3,(H,36,37,38). The van der Waals surface area contributed by atoms with Gasteiger partial charge in [-0.3, -0.25) is 4.90 Å². The van der Waals surface area contributed by atoms with Gasteiger partial charge in [0.25, 0.3) is 0 Å². The molecule has 0 atom stereocenters. The molecule has 2 aromatic rings. The third kappa shape index (κ3) is 8.00. The Morgan fingerprint density at radius 1 is 0.909 bits per heavy atom. The van der Waals surface area contributed by atoms with Crippen LogP contribution in [0.4, 0.5) is 11.5 Å². The van der Waals surface area contributed by atoms with E-state index in [4.69, 9.17) is 9.97 Å². The zero-order valence-corrected chi connectivity index (χ0v) is 26.3. The fourth-order valence-corrected chi connectivity index (χ4v) is 6.71. The molecule has 0 spiro atoms. The SMILES string of the molecule is CN1CCN(c2ccc(-c3nc4c(c(NCCCCN5CCC(N=O)CC5)n3)CN(CC3=CC=CC=CC3)CC4)cc2)CC1. The Morgan fingerprint density at radius 2 is 1.73 bits per heavy atom. The average molecular weight is 597 g/mol. The lowest BCUT2D eigenvalue weighted by atomic mass is 10.0. The zero-order chi connectivity index (χ0) is 30.1. The third-order valence-corrected chi connectivity index (χ3v) is 9.53. The molecule has 1 N–H and O–H groups in total. The van der Waals surface area contributed by atoms with Crippen LogP contribution in [0.3, 0.4) is 0 Å². The van der Waals surface area contributed by atoms with Crippen LogP contribution >= 0.6 is 0 Å². The fourth-order valence-electron chi connectivity index (χ4n) is 6.71. The van der Waals surface area contributed by atoms with Crippen molar-refractivity contribution < 1.29 is 0 Å². The Balaban J connectivity index is 1.13. The molecule has 0 amide bonds. The molecule has 1 aromatic heterocycles. The maximum absolute atomic E-state index is 10.8.